The Morgan fingerprint density at radius 3 is 2.81 bits per heavy atom. The van der Waals surface area contributed by atoms with Gasteiger partial charge in [-0.25, -0.2) is 9.48 Å². The van der Waals surface area contributed by atoms with Crippen LogP contribution in [0.2, 0.25) is 0 Å². The Hall–Kier alpha value is -2.67. The lowest BCUT2D eigenvalue weighted by Crippen LogP contribution is -2.28. The Morgan fingerprint density at radius 2 is 2.05 bits per heavy atom. The molecule has 0 atom stereocenters. The molecule has 3 aromatic rings. The zero-order valence-corrected chi connectivity index (χ0v) is 11.9. The van der Waals surface area contributed by atoms with Gasteiger partial charge in [-0.15, -0.1) is 16.4 Å². The number of anilines is 1. The quantitative estimate of drug-likeness (QED) is 0.778. The van der Waals surface area contributed by atoms with Crippen LogP contribution in [0.25, 0.3) is 5.00 Å². The monoisotopic (exact) mass is 299 g/mol. The molecule has 2 heterocycles. The third-order valence-electron chi connectivity index (χ3n) is 2.73. The van der Waals surface area contributed by atoms with E-state index in [1.165, 1.54) is 0 Å². The van der Waals surface area contributed by atoms with Crippen molar-refractivity contribution < 1.29 is 4.79 Å². The van der Waals surface area contributed by atoms with Crippen molar-refractivity contribution in [1.82, 2.24) is 20.3 Å². The fourth-order valence-corrected chi connectivity index (χ4v) is 2.41. The third kappa shape index (κ3) is 3.46. The zero-order chi connectivity index (χ0) is 14.5. The lowest BCUT2D eigenvalue weighted by Gasteiger charge is -2.05. The predicted molar refractivity (Wildman–Crippen MR) is 81.5 cm³/mol. The number of carbonyl (C=O) groups excluding carboxylic acids is 1. The number of hydrogen-bond acceptors (Lipinski definition) is 4. The summed E-state index contributed by atoms with van der Waals surface area (Å²) >= 11 is 1.58. The summed E-state index contributed by atoms with van der Waals surface area (Å²) < 4.78 is 1.69. The second-order valence-corrected chi connectivity index (χ2v) is 5.21. The normalized spacial score (nSPS) is 10.3. The van der Waals surface area contributed by atoms with Crippen LogP contribution in [0, 0.1) is 0 Å². The molecule has 0 spiro atoms. The average Bonchev–Trinajstić information content (AvgIpc) is 3.17. The lowest BCUT2D eigenvalue weighted by molar-refractivity contribution is 0.251. The van der Waals surface area contributed by atoms with Gasteiger partial charge in [0, 0.05) is 5.69 Å². The predicted octanol–water partition coefficient (Wildman–Crippen LogP) is 2.65. The summed E-state index contributed by atoms with van der Waals surface area (Å²) in [6.07, 6.45) is 1.80. The van der Waals surface area contributed by atoms with Crippen molar-refractivity contribution >= 4 is 23.1 Å². The Morgan fingerprint density at radius 1 is 1.19 bits per heavy atom. The number of thiophene rings is 1. The van der Waals surface area contributed by atoms with Gasteiger partial charge in [-0.05, 0) is 29.6 Å². The second-order valence-electron chi connectivity index (χ2n) is 4.28. The zero-order valence-electron chi connectivity index (χ0n) is 11.1. The van der Waals surface area contributed by atoms with Crippen molar-refractivity contribution in [2.45, 2.75) is 6.54 Å². The summed E-state index contributed by atoms with van der Waals surface area (Å²) in [6, 6.07) is 12.9. The fourth-order valence-electron chi connectivity index (χ4n) is 1.75. The smallest absolute Gasteiger partial charge is 0.319 e. The first kappa shape index (κ1) is 13.3. The Kier molecular flexibility index (Phi) is 3.92. The summed E-state index contributed by atoms with van der Waals surface area (Å²) in [5.74, 6) is 0. The Balaban J connectivity index is 1.54. The maximum atomic E-state index is 11.7. The molecule has 0 aliphatic carbocycles. The lowest BCUT2D eigenvalue weighted by atomic mass is 10.3. The number of aromatic nitrogens is 3. The molecule has 0 aliphatic heterocycles. The van der Waals surface area contributed by atoms with Crippen LogP contribution >= 0.6 is 11.3 Å². The van der Waals surface area contributed by atoms with Crippen LogP contribution in [0.4, 0.5) is 10.5 Å². The number of nitrogens with one attached hydrogen (secondary N) is 2. The average molecular weight is 299 g/mol. The van der Waals surface area contributed by atoms with E-state index in [1.54, 1.807) is 22.2 Å². The molecule has 2 N–H and O–H groups in total. The van der Waals surface area contributed by atoms with Crippen molar-refractivity contribution in [3.05, 3.63) is 59.7 Å². The van der Waals surface area contributed by atoms with E-state index < -0.39 is 0 Å². The minimum Gasteiger partial charge on any atom is -0.332 e. The number of nitrogens with zero attached hydrogens (tertiary/aromatic N) is 3. The first-order chi connectivity index (χ1) is 10.3. The van der Waals surface area contributed by atoms with Crippen molar-refractivity contribution in [3.63, 3.8) is 0 Å². The molecule has 7 heteroatoms. The van der Waals surface area contributed by atoms with E-state index in [-0.39, 0.29) is 6.03 Å². The van der Waals surface area contributed by atoms with Crippen LogP contribution in [0.15, 0.2) is 54.0 Å². The number of amides is 2. The Labute approximate surface area is 125 Å². The minimum absolute atomic E-state index is 0.271. The molecule has 6 nitrogen and oxygen atoms in total. The topological polar surface area (TPSA) is 71.8 Å². The second kappa shape index (κ2) is 6.19. The van der Waals surface area contributed by atoms with Gasteiger partial charge in [0.15, 0.2) is 0 Å². The van der Waals surface area contributed by atoms with Gasteiger partial charge in [-0.1, -0.05) is 23.4 Å². The summed E-state index contributed by atoms with van der Waals surface area (Å²) in [7, 11) is 0. The number of hydrogen-bond donors (Lipinski definition) is 2. The van der Waals surface area contributed by atoms with Gasteiger partial charge < -0.3 is 10.6 Å². The molecule has 0 fully saturated rings. The van der Waals surface area contributed by atoms with Gasteiger partial charge in [-0.3, -0.25) is 0 Å². The summed E-state index contributed by atoms with van der Waals surface area (Å²) in [5, 5.41) is 16.5. The van der Waals surface area contributed by atoms with E-state index in [2.05, 4.69) is 20.9 Å². The van der Waals surface area contributed by atoms with Crippen LogP contribution in [0.3, 0.4) is 0 Å². The minimum atomic E-state index is -0.271. The number of rotatable bonds is 4. The molecule has 3 rings (SSSR count). The van der Waals surface area contributed by atoms with Crippen LogP contribution in [0.1, 0.15) is 5.69 Å². The molecule has 0 bridgehead atoms. The Bertz CT molecular complexity index is 708. The summed E-state index contributed by atoms with van der Waals surface area (Å²) in [6.45, 7) is 0.323. The van der Waals surface area contributed by atoms with Gasteiger partial charge in [0.2, 0.25) is 0 Å². The molecule has 0 aliphatic rings. The largest absolute Gasteiger partial charge is 0.332 e. The van der Waals surface area contributed by atoms with E-state index in [9.17, 15) is 4.79 Å². The van der Waals surface area contributed by atoms with E-state index >= 15 is 0 Å². The van der Waals surface area contributed by atoms with Crippen molar-refractivity contribution in [2.75, 3.05) is 5.32 Å². The van der Waals surface area contributed by atoms with Gasteiger partial charge in [0.05, 0.1) is 12.7 Å². The highest BCUT2D eigenvalue weighted by Crippen LogP contribution is 2.13. The molecule has 21 heavy (non-hydrogen) atoms. The fraction of sp³-hybridized carbons (Fsp3) is 0.0714. The maximum Gasteiger partial charge on any atom is 0.319 e. The van der Waals surface area contributed by atoms with Gasteiger partial charge in [0.25, 0.3) is 0 Å². The highest BCUT2D eigenvalue weighted by Gasteiger charge is 2.06. The van der Waals surface area contributed by atoms with Crippen molar-refractivity contribution in [3.8, 4) is 5.00 Å². The molecule has 0 unspecified atom stereocenters. The summed E-state index contributed by atoms with van der Waals surface area (Å²) in [4.78, 5) is 11.7. The molecule has 0 saturated carbocycles. The van der Waals surface area contributed by atoms with Crippen molar-refractivity contribution in [1.29, 1.82) is 0 Å². The van der Waals surface area contributed by atoms with Crippen LogP contribution in [-0.4, -0.2) is 21.0 Å². The van der Waals surface area contributed by atoms with Gasteiger partial charge in [0.1, 0.15) is 10.7 Å². The summed E-state index contributed by atoms with van der Waals surface area (Å²) in [5.41, 5.74) is 1.45. The van der Waals surface area contributed by atoms with Crippen LogP contribution < -0.4 is 10.6 Å². The van der Waals surface area contributed by atoms with E-state index in [4.69, 9.17) is 0 Å². The molecule has 0 saturated heterocycles. The molecule has 2 aromatic heterocycles. The molecule has 1 aromatic carbocycles. The van der Waals surface area contributed by atoms with Crippen molar-refractivity contribution in [2.24, 2.45) is 0 Å². The first-order valence-corrected chi connectivity index (χ1v) is 7.24. The van der Waals surface area contributed by atoms with Gasteiger partial charge >= 0.3 is 6.03 Å². The number of urea groups is 1. The number of benzene rings is 1. The number of carbonyl (C=O) groups is 1. The van der Waals surface area contributed by atoms with Crippen LogP contribution in [-0.2, 0) is 6.54 Å². The number of para-hydroxylation sites is 1. The highest BCUT2D eigenvalue weighted by atomic mass is 32.1. The van der Waals surface area contributed by atoms with Crippen LogP contribution in [0.5, 0.6) is 0 Å². The molecular weight excluding hydrogens is 286 g/mol. The van der Waals surface area contributed by atoms with E-state index in [0.29, 0.717) is 12.2 Å². The van der Waals surface area contributed by atoms with Gasteiger partial charge in [-0.2, -0.15) is 0 Å². The molecule has 2 amide bonds. The molecule has 0 radical (unpaired) electrons. The van der Waals surface area contributed by atoms with E-state index in [0.717, 1.165) is 10.7 Å². The SMILES string of the molecule is O=C(NCc1cn(-c2cccs2)nn1)Nc1ccccc1. The first-order valence-electron chi connectivity index (χ1n) is 6.36. The standard InChI is InChI=1S/C14H13N5OS/c20-14(16-11-5-2-1-3-6-11)15-9-12-10-19(18-17-12)13-7-4-8-21-13/h1-8,10H,9H2,(H2,15,16,20). The molecule has 106 valence electrons. The molecular formula is C14H13N5OS. The highest BCUT2D eigenvalue weighted by molar-refractivity contribution is 7.12. The maximum absolute atomic E-state index is 11.7. The van der Waals surface area contributed by atoms with E-state index in [1.807, 2.05) is 47.8 Å². The third-order valence-corrected chi connectivity index (χ3v) is 3.59.